The molecule has 0 fully saturated rings. The van der Waals surface area contributed by atoms with E-state index < -0.39 is 20.0 Å². The van der Waals surface area contributed by atoms with E-state index in [2.05, 4.69) is 42.2 Å². The fraction of sp³-hybridized carbons (Fsp3) is 0.364. The van der Waals surface area contributed by atoms with Crippen LogP contribution in [0.3, 0.4) is 0 Å². The molecular weight excluding hydrogens is 640 g/mol. The van der Waals surface area contributed by atoms with Crippen molar-refractivity contribution in [3.8, 4) is 0 Å². The van der Waals surface area contributed by atoms with Gasteiger partial charge in [0, 0.05) is 41.0 Å². The predicted molar refractivity (Wildman–Crippen MR) is 144 cm³/mol. The summed E-state index contributed by atoms with van der Waals surface area (Å²) in [6.07, 6.45) is 1.05. The molecule has 14 heteroatoms. The van der Waals surface area contributed by atoms with E-state index in [1.807, 2.05) is 0 Å². The number of nitrogens with zero attached hydrogens (tertiary/aromatic N) is 4. The van der Waals surface area contributed by atoms with Gasteiger partial charge in [-0.25, -0.2) is 25.4 Å². The molecule has 2 aliphatic rings. The number of benzene rings is 2. The van der Waals surface area contributed by atoms with Crippen LogP contribution < -0.4 is 0 Å². The van der Waals surface area contributed by atoms with Crippen molar-refractivity contribution in [1.82, 2.24) is 8.61 Å². The first-order valence-electron chi connectivity index (χ1n) is 10.6. The molecule has 2 aromatic carbocycles. The van der Waals surface area contributed by atoms with Gasteiger partial charge in [-0.2, -0.15) is 0 Å². The molecule has 10 nitrogen and oxygen atoms in total. The molecule has 0 N–H and O–H groups in total. The van der Waals surface area contributed by atoms with E-state index in [1.165, 1.54) is 36.8 Å². The maximum Gasteiger partial charge on any atom is 0.242 e. The molecule has 36 heavy (non-hydrogen) atoms. The van der Waals surface area contributed by atoms with Crippen molar-refractivity contribution in [2.24, 2.45) is 10.3 Å². The largest absolute Gasteiger partial charge is 0.386 e. The van der Waals surface area contributed by atoms with Crippen molar-refractivity contribution in [3.63, 3.8) is 0 Å². The van der Waals surface area contributed by atoms with Crippen LogP contribution in [0.25, 0.3) is 0 Å². The summed E-state index contributed by atoms with van der Waals surface area (Å²) >= 11 is 6.53. The topological polar surface area (TPSA) is 118 Å². The fourth-order valence-corrected chi connectivity index (χ4v) is 5.74. The Kier molecular flexibility index (Phi) is 9.33. The SMILES string of the molecule is CN(C)S(=O)(=O)c1ccc([C@@H]2CC(Br)=NO2)cc1.CN(C)S(=O)(=O)c1ccc([C@H]2CC(Br)=NO2)cc1. The maximum atomic E-state index is 11.9. The van der Waals surface area contributed by atoms with Crippen LogP contribution in [0.2, 0.25) is 0 Å². The Hall–Kier alpha value is -1.84. The van der Waals surface area contributed by atoms with Crippen molar-refractivity contribution < 1.29 is 26.5 Å². The summed E-state index contributed by atoms with van der Waals surface area (Å²) in [7, 11) is -0.714. The molecule has 0 radical (unpaired) electrons. The standard InChI is InChI=1S/2C11H13BrN2O3S/c2*1-14(2)18(15,16)9-5-3-8(4-6-9)10-7-11(12)13-17-10/h2*3-6,10H,7H2,1-2H3/t2*10-/m10/s1. The predicted octanol–water partition coefficient (Wildman–Crippen LogP) is 4.21. The van der Waals surface area contributed by atoms with Crippen LogP contribution in [0.5, 0.6) is 0 Å². The lowest BCUT2D eigenvalue weighted by Crippen LogP contribution is -2.22. The Morgan fingerprint density at radius 3 is 1.19 bits per heavy atom. The summed E-state index contributed by atoms with van der Waals surface area (Å²) in [6, 6.07) is 13.3. The van der Waals surface area contributed by atoms with E-state index in [1.54, 1.807) is 48.5 Å². The molecule has 0 saturated heterocycles. The highest BCUT2D eigenvalue weighted by Crippen LogP contribution is 2.30. The van der Waals surface area contributed by atoms with Gasteiger partial charge in [0.15, 0.2) is 12.2 Å². The lowest BCUT2D eigenvalue weighted by molar-refractivity contribution is 0.0856. The molecule has 0 unspecified atom stereocenters. The Morgan fingerprint density at radius 2 is 0.972 bits per heavy atom. The van der Waals surface area contributed by atoms with Crippen molar-refractivity contribution in [2.45, 2.75) is 34.8 Å². The zero-order valence-electron chi connectivity index (χ0n) is 20.0. The second-order valence-electron chi connectivity index (χ2n) is 8.24. The molecule has 2 aromatic rings. The molecule has 0 saturated carbocycles. The molecule has 0 amide bonds. The van der Waals surface area contributed by atoms with Gasteiger partial charge < -0.3 is 9.68 Å². The Morgan fingerprint density at radius 1 is 0.667 bits per heavy atom. The number of rotatable bonds is 6. The van der Waals surface area contributed by atoms with E-state index in [-0.39, 0.29) is 22.0 Å². The molecule has 0 aromatic heterocycles. The fourth-order valence-electron chi connectivity index (χ4n) is 3.18. The number of hydrogen-bond acceptors (Lipinski definition) is 8. The molecule has 196 valence electrons. The van der Waals surface area contributed by atoms with Crippen LogP contribution in [0.1, 0.15) is 36.2 Å². The first-order valence-corrected chi connectivity index (χ1v) is 15.1. The van der Waals surface area contributed by atoms with Crippen LogP contribution in [-0.4, -0.2) is 62.9 Å². The van der Waals surface area contributed by atoms with Crippen LogP contribution >= 0.6 is 31.9 Å². The van der Waals surface area contributed by atoms with Crippen molar-refractivity contribution >= 4 is 61.1 Å². The Bertz CT molecular complexity index is 1240. The quantitative estimate of drug-likeness (QED) is 0.456. The van der Waals surface area contributed by atoms with Gasteiger partial charge in [-0.05, 0) is 67.3 Å². The first kappa shape index (κ1) is 28.7. The van der Waals surface area contributed by atoms with E-state index in [9.17, 15) is 16.8 Å². The second-order valence-corrected chi connectivity index (χ2v) is 14.4. The highest BCUT2D eigenvalue weighted by Gasteiger charge is 2.24. The third-order valence-electron chi connectivity index (χ3n) is 5.33. The molecule has 2 aliphatic heterocycles. The van der Waals surface area contributed by atoms with Crippen LogP contribution in [-0.2, 0) is 29.7 Å². The smallest absolute Gasteiger partial charge is 0.242 e. The molecule has 2 heterocycles. The van der Waals surface area contributed by atoms with Gasteiger partial charge in [0.1, 0.15) is 9.24 Å². The monoisotopic (exact) mass is 664 g/mol. The molecule has 0 spiro atoms. The van der Waals surface area contributed by atoms with Crippen LogP contribution in [0.15, 0.2) is 68.6 Å². The molecular formula is C22H26Br2N4O6S2. The number of oxime groups is 2. The molecule has 2 atom stereocenters. The lowest BCUT2D eigenvalue weighted by atomic mass is 10.1. The molecule has 0 bridgehead atoms. The molecule has 4 rings (SSSR count). The minimum Gasteiger partial charge on any atom is -0.386 e. The highest BCUT2D eigenvalue weighted by molar-refractivity contribution is 9.18. The van der Waals surface area contributed by atoms with Crippen LogP contribution in [0, 0.1) is 0 Å². The minimum absolute atomic E-state index is 0.143. The van der Waals surface area contributed by atoms with E-state index in [0.29, 0.717) is 12.8 Å². The van der Waals surface area contributed by atoms with E-state index >= 15 is 0 Å². The van der Waals surface area contributed by atoms with Gasteiger partial charge >= 0.3 is 0 Å². The van der Waals surface area contributed by atoms with Gasteiger partial charge in [-0.3, -0.25) is 0 Å². The van der Waals surface area contributed by atoms with Gasteiger partial charge in [0.2, 0.25) is 20.0 Å². The number of sulfonamides is 2. The third kappa shape index (κ3) is 6.72. The zero-order chi connectivity index (χ0) is 26.7. The number of hydrogen-bond donors (Lipinski definition) is 0. The average Bonchev–Trinajstić information content (AvgIpc) is 3.47. The summed E-state index contributed by atoms with van der Waals surface area (Å²) in [5, 5.41) is 7.60. The summed E-state index contributed by atoms with van der Waals surface area (Å²) in [6.45, 7) is 0. The third-order valence-corrected chi connectivity index (χ3v) is 9.92. The molecule has 0 aliphatic carbocycles. The Labute approximate surface area is 228 Å². The van der Waals surface area contributed by atoms with Crippen LogP contribution in [0.4, 0.5) is 0 Å². The van der Waals surface area contributed by atoms with Gasteiger partial charge in [-0.1, -0.05) is 34.6 Å². The summed E-state index contributed by atoms with van der Waals surface area (Å²) in [4.78, 5) is 11.0. The summed E-state index contributed by atoms with van der Waals surface area (Å²) < 4.78 is 51.4. The summed E-state index contributed by atoms with van der Waals surface area (Å²) in [5.41, 5.74) is 1.82. The van der Waals surface area contributed by atoms with Gasteiger partial charge in [0.05, 0.1) is 9.79 Å². The number of halogens is 2. The highest BCUT2D eigenvalue weighted by atomic mass is 79.9. The minimum atomic E-state index is -3.37. The zero-order valence-corrected chi connectivity index (χ0v) is 24.8. The van der Waals surface area contributed by atoms with Gasteiger partial charge in [-0.15, -0.1) is 0 Å². The Balaban J connectivity index is 0.000000201. The second kappa shape index (κ2) is 11.7. The normalized spacial score (nSPS) is 19.8. The maximum absolute atomic E-state index is 11.9. The van der Waals surface area contributed by atoms with Crippen molar-refractivity contribution in [3.05, 3.63) is 59.7 Å². The average molecular weight is 666 g/mol. The lowest BCUT2D eigenvalue weighted by Gasteiger charge is -2.13. The van der Waals surface area contributed by atoms with Gasteiger partial charge in [0.25, 0.3) is 0 Å². The van der Waals surface area contributed by atoms with E-state index in [0.717, 1.165) is 20.4 Å². The summed E-state index contributed by atoms with van der Waals surface area (Å²) in [5.74, 6) is 0. The van der Waals surface area contributed by atoms with Crippen molar-refractivity contribution in [2.75, 3.05) is 28.2 Å². The van der Waals surface area contributed by atoms with E-state index in [4.69, 9.17) is 9.68 Å². The first-order chi connectivity index (χ1) is 16.8. The van der Waals surface area contributed by atoms with Crippen molar-refractivity contribution in [1.29, 1.82) is 0 Å².